The number of nitrogens with one attached hydrogen (secondary N) is 1. The molecule has 4 heterocycles. The highest BCUT2D eigenvalue weighted by Crippen LogP contribution is 2.38. The molecule has 5 rings (SSSR count). The van der Waals surface area contributed by atoms with E-state index in [1.165, 1.54) is 23.1 Å². The van der Waals surface area contributed by atoms with Gasteiger partial charge in [0.1, 0.15) is 27.3 Å². The number of aromatic nitrogens is 4. The molecule has 0 spiro atoms. The summed E-state index contributed by atoms with van der Waals surface area (Å²) >= 11 is 7.81. The molecule has 1 aliphatic rings. The number of ether oxygens (including phenoxy) is 1. The molecular formula is C20H16BrN5O2S3. The van der Waals surface area contributed by atoms with Crippen LogP contribution in [0.1, 0.15) is 24.0 Å². The first-order valence-corrected chi connectivity index (χ1v) is 13.0. The minimum atomic E-state index is -0.146. The maximum Gasteiger partial charge on any atom is 0.236 e. The topological polar surface area (TPSA) is 89.9 Å². The second-order valence-electron chi connectivity index (χ2n) is 6.80. The van der Waals surface area contributed by atoms with E-state index in [2.05, 4.69) is 58.9 Å². The molecule has 0 bridgehead atoms. The molecule has 0 saturated carbocycles. The van der Waals surface area contributed by atoms with Crippen LogP contribution in [0.4, 0.5) is 5.13 Å². The fraction of sp³-hybridized carbons (Fsp3) is 0.250. The van der Waals surface area contributed by atoms with Crippen molar-refractivity contribution >= 4 is 71.6 Å². The van der Waals surface area contributed by atoms with Crippen molar-refractivity contribution in [1.82, 2.24) is 20.2 Å². The summed E-state index contributed by atoms with van der Waals surface area (Å²) in [5.74, 6) is 0.0727. The van der Waals surface area contributed by atoms with E-state index in [0.29, 0.717) is 5.13 Å². The number of amides is 1. The second kappa shape index (κ2) is 9.29. The van der Waals surface area contributed by atoms with Gasteiger partial charge in [-0.05, 0) is 30.5 Å². The molecular weight excluding hydrogens is 518 g/mol. The van der Waals surface area contributed by atoms with Crippen LogP contribution in [-0.2, 0) is 9.53 Å². The van der Waals surface area contributed by atoms with Crippen LogP contribution in [0.2, 0.25) is 0 Å². The van der Waals surface area contributed by atoms with Crippen molar-refractivity contribution in [3.05, 3.63) is 45.5 Å². The quantitative estimate of drug-likeness (QED) is 0.256. The van der Waals surface area contributed by atoms with E-state index in [-0.39, 0.29) is 17.8 Å². The van der Waals surface area contributed by atoms with Gasteiger partial charge in [-0.2, -0.15) is 0 Å². The highest BCUT2D eigenvalue weighted by atomic mass is 79.9. The van der Waals surface area contributed by atoms with Crippen molar-refractivity contribution in [3.8, 4) is 11.1 Å². The molecule has 31 heavy (non-hydrogen) atoms. The van der Waals surface area contributed by atoms with Gasteiger partial charge in [-0.3, -0.25) is 10.1 Å². The standard InChI is InChI=1S/C20H16BrN5O2S3/c21-12-5-3-11(4-6-12)13-8-29-18-16(13)19(23-10-22-18)30-9-15(27)24-20-26-25-17(31-20)14-2-1-7-28-14/h3-6,8,10,14H,1-2,7,9H2,(H,24,26,27). The molecule has 11 heteroatoms. The number of fused-ring (bicyclic) bond motifs is 1. The van der Waals surface area contributed by atoms with Crippen molar-refractivity contribution in [2.45, 2.75) is 24.0 Å². The highest BCUT2D eigenvalue weighted by Gasteiger charge is 2.22. The predicted molar refractivity (Wildman–Crippen MR) is 128 cm³/mol. The lowest BCUT2D eigenvalue weighted by molar-refractivity contribution is -0.113. The number of halogens is 1. The molecule has 158 valence electrons. The average Bonchev–Trinajstić information content (AvgIpc) is 3.53. The highest BCUT2D eigenvalue weighted by molar-refractivity contribution is 9.10. The van der Waals surface area contributed by atoms with Crippen LogP contribution < -0.4 is 5.32 Å². The van der Waals surface area contributed by atoms with Gasteiger partial charge in [0.2, 0.25) is 11.0 Å². The maximum absolute atomic E-state index is 12.5. The molecule has 4 aromatic rings. The average molecular weight is 534 g/mol. The molecule has 1 N–H and O–H groups in total. The first-order valence-electron chi connectivity index (χ1n) is 9.53. The maximum atomic E-state index is 12.5. The monoisotopic (exact) mass is 533 g/mol. The van der Waals surface area contributed by atoms with Crippen LogP contribution >= 0.6 is 50.4 Å². The molecule has 0 aliphatic carbocycles. The van der Waals surface area contributed by atoms with Gasteiger partial charge in [0.05, 0.1) is 11.1 Å². The number of rotatable bonds is 6. The Bertz CT molecular complexity index is 1220. The second-order valence-corrected chi connectivity index (χ2v) is 10.5. The first-order chi connectivity index (χ1) is 15.2. The van der Waals surface area contributed by atoms with Gasteiger partial charge < -0.3 is 4.74 Å². The Morgan fingerprint density at radius 1 is 1.26 bits per heavy atom. The fourth-order valence-corrected chi connectivity index (χ4v) is 6.18. The van der Waals surface area contributed by atoms with E-state index >= 15 is 0 Å². The van der Waals surface area contributed by atoms with Crippen molar-refractivity contribution < 1.29 is 9.53 Å². The van der Waals surface area contributed by atoms with E-state index in [1.807, 2.05) is 12.1 Å². The molecule has 1 aliphatic heterocycles. The number of thioether (sulfide) groups is 1. The molecule has 1 fully saturated rings. The third-order valence-electron chi connectivity index (χ3n) is 4.72. The molecule has 3 aromatic heterocycles. The van der Waals surface area contributed by atoms with Crippen molar-refractivity contribution in [3.63, 3.8) is 0 Å². The number of nitrogens with zero attached hydrogens (tertiary/aromatic N) is 4. The predicted octanol–water partition coefficient (Wildman–Crippen LogP) is 5.55. The number of carbonyl (C=O) groups excluding carboxylic acids is 1. The molecule has 1 amide bonds. The Morgan fingerprint density at radius 3 is 2.94 bits per heavy atom. The van der Waals surface area contributed by atoms with Gasteiger partial charge in [-0.25, -0.2) is 9.97 Å². The number of thiophene rings is 1. The van der Waals surface area contributed by atoms with Crippen LogP contribution in [-0.4, -0.2) is 38.4 Å². The Labute approximate surface area is 198 Å². The van der Waals surface area contributed by atoms with E-state index in [9.17, 15) is 4.79 Å². The van der Waals surface area contributed by atoms with Crippen LogP contribution in [0, 0.1) is 0 Å². The minimum absolute atomic E-state index is 0.00227. The van der Waals surface area contributed by atoms with E-state index < -0.39 is 0 Å². The molecule has 1 saturated heterocycles. The number of anilines is 1. The van der Waals surface area contributed by atoms with Crippen molar-refractivity contribution in [1.29, 1.82) is 0 Å². The van der Waals surface area contributed by atoms with Gasteiger partial charge in [0.25, 0.3) is 0 Å². The summed E-state index contributed by atoms with van der Waals surface area (Å²) in [7, 11) is 0. The third kappa shape index (κ3) is 4.65. The summed E-state index contributed by atoms with van der Waals surface area (Å²) in [5, 5.41) is 16.2. The third-order valence-corrected chi connectivity index (χ3v) is 8.06. The summed E-state index contributed by atoms with van der Waals surface area (Å²) < 4.78 is 6.65. The smallest absolute Gasteiger partial charge is 0.236 e. The van der Waals surface area contributed by atoms with Gasteiger partial charge in [0, 0.05) is 22.0 Å². The molecule has 7 nitrogen and oxygen atoms in total. The number of hydrogen-bond acceptors (Lipinski definition) is 9. The lowest BCUT2D eigenvalue weighted by Crippen LogP contribution is -2.14. The normalized spacial score (nSPS) is 16.1. The Balaban J connectivity index is 1.30. The van der Waals surface area contributed by atoms with E-state index in [4.69, 9.17) is 4.74 Å². The Morgan fingerprint density at radius 2 is 2.13 bits per heavy atom. The van der Waals surface area contributed by atoms with Crippen LogP contribution in [0.25, 0.3) is 21.3 Å². The van der Waals surface area contributed by atoms with Gasteiger partial charge in [-0.15, -0.1) is 21.5 Å². The number of benzene rings is 1. The van der Waals surface area contributed by atoms with Crippen molar-refractivity contribution in [2.24, 2.45) is 0 Å². The number of carbonyl (C=O) groups is 1. The van der Waals surface area contributed by atoms with Crippen LogP contribution in [0.5, 0.6) is 0 Å². The molecule has 1 aromatic carbocycles. The summed E-state index contributed by atoms with van der Waals surface area (Å²) in [6, 6.07) is 8.13. The van der Waals surface area contributed by atoms with Crippen molar-refractivity contribution in [2.75, 3.05) is 17.7 Å². The van der Waals surface area contributed by atoms with Gasteiger partial charge in [-0.1, -0.05) is 51.2 Å². The molecule has 1 atom stereocenters. The Kier molecular flexibility index (Phi) is 6.28. The van der Waals surface area contributed by atoms with Crippen LogP contribution in [0.15, 0.2) is 45.5 Å². The van der Waals surface area contributed by atoms with E-state index in [0.717, 1.165) is 55.3 Å². The lowest BCUT2D eigenvalue weighted by Gasteiger charge is -2.06. The zero-order valence-electron chi connectivity index (χ0n) is 16.1. The lowest BCUT2D eigenvalue weighted by atomic mass is 10.1. The first kappa shape index (κ1) is 21.0. The summed E-state index contributed by atoms with van der Waals surface area (Å²) in [4.78, 5) is 22.3. The Hall–Kier alpha value is -1.92. The SMILES string of the molecule is O=C(CSc1ncnc2scc(-c3ccc(Br)cc3)c12)Nc1nnc(C2CCCO2)s1. The summed E-state index contributed by atoms with van der Waals surface area (Å²) in [5.41, 5.74) is 2.16. The van der Waals surface area contributed by atoms with Crippen LogP contribution in [0.3, 0.4) is 0 Å². The zero-order chi connectivity index (χ0) is 21.2. The molecule has 1 unspecified atom stereocenters. The largest absolute Gasteiger partial charge is 0.371 e. The van der Waals surface area contributed by atoms with Gasteiger partial charge >= 0.3 is 0 Å². The fourth-order valence-electron chi connectivity index (χ4n) is 3.28. The summed E-state index contributed by atoms with van der Waals surface area (Å²) in [6.45, 7) is 0.751. The summed E-state index contributed by atoms with van der Waals surface area (Å²) in [6.07, 6.45) is 3.52. The number of hydrogen-bond donors (Lipinski definition) is 1. The molecule has 0 radical (unpaired) electrons. The zero-order valence-corrected chi connectivity index (χ0v) is 20.1. The minimum Gasteiger partial charge on any atom is -0.371 e. The van der Waals surface area contributed by atoms with Gasteiger partial charge in [0.15, 0.2) is 0 Å². The van der Waals surface area contributed by atoms with E-state index in [1.54, 1.807) is 17.7 Å².